The monoisotopic (exact) mass is 520 g/mol. The van der Waals surface area contributed by atoms with Gasteiger partial charge in [0, 0.05) is 48.5 Å². The minimum atomic E-state index is -0.382. The zero-order valence-electron chi connectivity index (χ0n) is 21.1. The number of nitrogens with one attached hydrogen (secondary N) is 2. The normalized spacial score (nSPS) is 14.0. The van der Waals surface area contributed by atoms with Gasteiger partial charge in [0.25, 0.3) is 0 Å². The van der Waals surface area contributed by atoms with Gasteiger partial charge in [-0.1, -0.05) is 0 Å². The fourth-order valence-corrected chi connectivity index (χ4v) is 5.13. The number of ether oxygens (including phenoxy) is 1. The van der Waals surface area contributed by atoms with Gasteiger partial charge in [0.1, 0.15) is 29.4 Å². The van der Waals surface area contributed by atoms with E-state index in [0.29, 0.717) is 46.3 Å². The number of hydrogen-bond acceptors (Lipinski definition) is 7. The van der Waals surface area contributed by atoms with Crippen LogP contribution >= 0.6 is 0 Å². The molecule has 0 radical (unpaired) electrons. The third-order valence-corrected chi connectivity index (χ3v) is 7.08. The molecule has 0 bridgehead atoms. The SMILES string of the molecule is Fc1cc(OCCN2CCCC2)cc(-c2nccc3[nH]c(-c4[nH]nc5ncc(-c6ccncc6)cc45)nc23)c1. The molecule has 1 aliphatic heterocycles. The number of aromatic amines is 2. The molecule has 1 saturated heterocycles. The fourth-order valence-electron chi connectivity index (χ4n) is 5.13. The first-order valence-corrected chi connectivity index (χ1v) is 13.0. The number of aromatic nitrogens is 7. The minimum absolute atomic E-state index is 0.382. The van der Waals surface area contributed by atoms with Gasteiger partial charge in [-0.05, 0) is 67.9 Å². The first-order chi connectivity index (χ1) is 19.2. The molecule has 5 aromatic heterocycles. The number of benzene rings is 1. The van der Waals surface area contributed by atoms with E-state index in [-0.39, 0.29) is 5.82 Å². The summed E-state index contributed by atoms with van der Waals surface area (Å²) in [7, 11) is 0. The van der Waals surface area contributed by atoms with Crippen LogP contribution in [0.5, 0.6) is 5.75 Å². The Hall–Kier alpha value is -4.70. The lowest BCUT2D eigenvalue weighted by molar-refractivity contribution is 0.237. The van der Waals surface area contributed by atoms with Crippen LogP contribution in [0.15, 0.2) is 67.3 Å². The van der Waals surface area contributed by atoms with Crippen molar-refractivity contribution in [3.8, 4) is 39.7 Å². The second-order valence-corrected chi connectivity index (χ2v) is 9.64. The largest absolute Gasteiger partial charge is 0.492 e. The molecule has 0 aliphatic carbocycles. The lowest BCUT2D eigenvalue weighted by Crippen LogP contribution is -2.25. The average Bonchev–Trinajstić information content (AvgIpc) is 3.72. The lowest BCUT2D eigenvalue weighted by atomic mass is 10.1. The summed E-state index contributed by atoms with van der Waals surface area (Å²) in [5.74, 6) is 0.689. The topological polar surface area (TPSA) is 108 Å². The summed E-state index contributed by atoms with van der Waals surface area (Å²) in [6.07, 6.45) is 9.43. The summed E-state index contributed by atoms with van der Waals surface area (Å²) in [5.41, 5.74) is 5.82. The zero-order chi connectivity index (χ0) is 26.2. The third-order valence-electron chi connectivity index (χ3n) is 7.08. The molecule has 39 heavy (non-hydrogen) atoms. The predicted molar refractivity (Wildman–Crippen MR) is 147 cm³/mol. The standard InChI is InChI=1S/C29H25FN8O/c30-21-13-19(14-22(16-21)39-12-11-38-9-1-2-10-38)25-27-24(5-8-32-25)34-29(35-27)26-23-15-20(17-33-28(23)37-36-26)18-3-6-31-7-4-18/h3-8,13-17H,1-2,9-12H2,(H,34,35)(H,33,36,37). The van der Waals surface area contributed by atoms with Gasteiger partial charge in [-0.25, -0.2) is 14.4 Å². The smallest absolute Gasteiger partial charge is 0.181 e. The number of fused-ring (bicyclic) bond motifs is 2. The maximum absolute atomic E-state index is 14.7. The predicted octanol–water partition coefficient (Wildman–Crippen LogP) is 5.24. The Morgan fingerprint density at radius 2 is 1.79 bits per heavy atom. The van der Waals surface area contributed by atoms with Crippen molar-refractivity contribution in [3.63, 3.8) is 0 Å². The Balaban J connectivity index is 1.23. The van der Waals surface area contributed by atoms with E-state index >= 15 is 0 Å². The van der Waals surface area contributed by atoms with Crippen LogP contribution < -0.4 is 4.74 Å². The molecule has 2 N–H and O–H groups in total. The van der Waals surface area contributed by atoms with Crippen LogP contribution in [0.1, 0.15) is 12.8 Å². The lowest BCUT2D eigenvalue weighted by Gasteiger charge is -2.15. The van der Waals surface area contributed by atoms with Crippen molar-refractivity contribution in [2.75, 3.05) is 26.2 Å². The van der Waals surface area contributed by atoms with Crippen molar-refractivity contribution in [1.29, 1.82) is 0 Å². The molecule has 0 spiro atoms. The number of likely N-dealkylation sites (tertiary alicyclic amines) is 1. The molecule has 6 aromatic rings. The van der Waals surface area contributed by atoms with E-state index in [1.165, 1.54) is 25.0 Å². The third kappa shape index (κ3) is 4.59. The molecule has 194 valence electrons. The van der Waals surface area contributed by atoms with Gasteiger partial charge >= 0.3 is 0 Å². The van der Waals surface area contributed by atoms with E-state index in [9.17, 15) is 4.39 Å². The zero-order valence-corrected chi connectivity index (χ0v) is 21.1. The Bertz CT molecular complexity index is 1780. The summed E-state index contributed by atoms with van der Waals surface area (Å²) in [5, 5.41) is 8.27. The summed E-state index contributed by atoms with van der Waals surface area (Å²) >= 11 is 0. The molecule has 10 heteroatoms. The van der Waals surface area contributed by atoms with Crippen molar-refractivity contribution < 1.29 is 9.13 Å². The second kappa shape index (κ2) is 9.88. The number of nitrogens with zero attached hydrogens (tertiary/aromatic N) is 6. The van der Waals surface area contributed by atoms with Crippen molar-refractivity contribution >= 4 is 22.1 Å². The second-order valence-electron chi connectivity index (χ2n) is 9.64. The van der Waals surface area contributed by atoms with Crippen LogP contribution in [0, 0.1) is 5.82 Å². The number of imidazole rings is 1. The fraction of sp³-hybridized carbons (Fsp3) is 0.207. The van der Waals surface area contributed by atoms with Crippen LogP contribution in [0.2, 0.25) is 0 Å². The Morgan fingerprint density at radius 1 is 0.923 bits per heavy atom. The van der Waals surface area contributed by atoms with E-state index in [1.807, 2.05) is 30.3 Å². The van der Waals surface area contributed by atoms with Gasteiger partial charge in [0.2, 0.25) is 0 Å². The quantitative estimate of drug-likeness (QED) is 0.296. The maximum Gasteiger partial charge on any atom is 0.181 e. The molecular weight excluding hydrogens is 495 g/mol. The Kier molecular flexibility index (Phi) is 5.93. The van der Waals surface area contributed by atoms with Crippen LogP contribution in [0.3, 0.4) is 0 Å². The highest BCUT2D eigenvalue weighted by atomic mass is 19.1. The Labute approximate surface area is 223 Å². The molecule has 6 heterocycles. The molecule has 0 unspecified atom stereocenters. The maximum atomic E-state index is 14.7. The van der Waals surface area contributed by atoms with Crippen molar-refractivity contribution in [1.82, 2.24) is 40.0 Å². The first kappa shape index (κ1) is 23.4. The van der Waals surface area contributed by atoms with Crippen molar-refractivity contribution in [2.24, 2.45) is 0 Å². The number of H-pyrrole nitrogens is 2. The van der Waals surface area contributed by atoms with E-state index in [2.05, 4.69) is 35.0 Å². The molecule has 0 amide bonds. The van der Waals surface area contributed by atoms with E-state index in [0.717, 1.165) is 41.7 Å². The van der Waals surface area contributed by atoms with Crippen molar-refractivity contribution in [3.05, 3.63) is 73.1 Å². The summed E-state index contributed by atoms with van der Waals surface area (Å²) in [4.78, 5) is 23.8. The number of pyridine rings is 3. The minimum Gasteiger partial charge on any atom is -0.492 e. The average molecular weight is 521 g/mol. The molecule has 1 fully saturated rings. The van der Waals surface area contributed by atoms with Crippen LogP contribution in [-0.2, 0) is 0 Å². The molecule has 1 aliphatic rings. The van der Waals surface area contributed by atoms with E-state index in [1.54, 1.807) is 24.8 Å². The molecule has 7 rings (SSSR count). The summed E-state index contributed by atoms with van der Waals surface area (Å²) in [6, 6.07) is 12.4. The molecule has 0 saturated carbocycles. The highest BCUT2D eigenvalue weighted by Gasteiger charge is 2.18. The van der Waals surface area contributed by atoms with Gasteiger partial charge in [-0.3, -0.25) is 20.0 Å². The van der Waals surface area contributed by atoms with Crippen LogP contribution in [0.25, 0.3) is 56.0 Å². The van der Waals surface area contributed by atoms with E-state index in [4.69, 9.17) is 9.72 Å². The highest BCUT2D eigenvalue weighted by Crippen LogP contribution is 2.33. The molecule has 9 nitrogen and oxygen atoms in total. The Morgan fingerprint density at radius 3 is 2.67 bits per heavy atom. The summed E-state index contributed by atoms with van der Waals surface area (Å²) < 4.78 is 20.6. The van der Waals surface area contributed by atoms with Gasteiger partial charge in [0.05, 0.1) is 16.6 Å². The molecule has 1 aromatic carbocycles. The first-order valence-electron chi connectivity index (χ1n) is 13.0. The molecule has 0 atom stereocenters. The van der Waals surface area contributed by atoms with Gasteiger partial charge < -0.3 is 9.72 Å². The summed E-state index contributed by atoms with van der Waals surface area (Å²) in [6.45, 7) is 3.53. The number of rotatable bonds is 7. The van der Waals surface area contributed by atoms with Crippen molar-refractivity contribution in [2.45, 2.75) is 12.8 Å². The number of hydrogen-bond donors (Lipinski definition) is 2. The van der Waals surface area contributed by atoms with Crippen LogP contribution in [-0.4, -0.2) is 66.3 Å². The molecular formula is C29H25FN8O. The van der Waals surface area contributed by atoms with Gasteiger partial charge in [-0.2, -0.15) is 5.10 Å². The van der Waals surface area contributed by atoms with Crippen LogP contribution in [0.4, 0.5) is 4.39 Å². The highest BCUT2D eigenvalue weighted by molar-refractivity contribution is 5.96. The van der Waals surface area contributed by atoms with Gasteiger partial charge in [0.15, 0.2) is 11.5 Å². The van der Waals surface area contributed by atoms with E-state index < -0.39 is 0 Å². The number of halogens is 1. The van der Waals surface area contributed by atoms with Gasteiger partial charge in [-0.15, -0.1) is 0 Å².